The van der Waals surface area contributed by atoms with Gasteiger partial charge in [-0.15, -0.1) is 0 Å². The molecule has 2 aromatic carbocycles. The van der Waals surface area contributed by atoms with E-state index in [-0.39, 0.29) is 5.91 Å². The van der Waals surface area contributed by atoms with E-state index in [2.05, 4.69) is 13.8 Å². The fourth-order valence-electron chi connectivity index (χ4n) is 2.68. The molecule has 1 fully saturated rings. The van der Waals surface area contributed by atoms with Crippen molar-refractivity contribution in [3.63, 3.8) is 0 Å². The lowest BCUT2D eigenvalue weighted by molar-refractivity contribution is -0.113. The number of hydrogen-bond donors (Lipinski definition) is 0. The molecule has 0 spiro atoms. The molecule has 0 bridgehead atoms. The molecule has 0 aromatic heterocycles. The second-order valence-corrected chi connectivity index (χ2v) is 8.36. The molecule has 146 valence electrons. The van der Waals surface area contributed by atoms with E-state index in [9.17, 15) is 4.79 Å². The number of benzene rings is 2. The topological polar surface area (TPSA) is 38.8 Å². The Hall–Kier alpha value is -2.31. The molecule has 0 N–H and O–H groups in total. The molecular formula is C22H23NO3S2. The number of thioether (sulfide) groups is 1. The number of anilines is 1. The molecule has 0 unspecified atom stereocenters. The average molecular weight is 414 g/mol. The molecule has 0 saturated carbocycles. The highest BCUT2D eigenvalue weighted by atomic mass is 32.2. The van der Waals surface area contributed by atoms with Crippen LogP contribution in [0.3, 0.4) is 0 Å². The van der Waals surface area contributed by atoms with Gasteiger partial charge in [-0.3, -0.25) is 9.69 Å². The van der Waals surface area contributed by atoms with Crippen molar-refractivity contribution >= 4 is 46.0 Å². The van der Waals surface area contributed by atoms with Crippen LogP contribution < -0.4 is 14.4 Å². The van der Waals surface area contributed by atoms with E-state index in [1.54, 1.807) is 4.90 Å². The second-order valence-electron chi connectivity index (χ2n) is 6.69. The lowest BCUT2D eigenvalue weighted by Gasteiger charge is -2.15. The zero-order valence-electron chi connectivity index (χ0n) is 16.2. The smallest absolute Gasteiger partial charge is 0.270 e. The summed E-state index contributed by atoms with van der Waals surface area (Å²) in [6.45, 7) is 7.36. The Bertz CT molecular complexity index is 891. The average Bonchev–Trinajstić information content (AvgIpc) is 2.95. The number of carbonyl (C=O) groups is 1. The van der Waals surface area contributed by atoms with Crippen LogP contribution in [0.25, 0.3) is 6.08 Å². The van der Waals surface area contributed by atoms with Gasteiger partial charge >= 0.3 is 0 Å². The first-order chi connectivity index (χ1) is 13.5. The van der Waals surface area contributed by atoms with Gasteiger partial charge in [0.15, 0.2) is 4.32 Å². The largest absolute Gasteiger partial charge is 0.494 e. The molecule has 0 radical (unpaired) electrons. The van der Waals surface area contributed by atoms with E-state index in [1.807, 2.05) is 61.5 Å². The van der Waals surface area contributed by atoms with Crippen molar-refractivity contribution < 1.29 is 14.3 Å². The SMILES string of the molecule is CCOc1ccc(N2C(=O)/C(=C\c3ccccc3OCC(C)C)SC2=S)cc1. The van der Waals surface area contributed by atoms with E-state index in [1.165, 1.54) is 11.8 Å². The third-order valence-corrected chi connectivity index (χ3v) is 5.28. The fourth-order valence-corrected chi connectivity index (χ4v) is 3.97. The Morgan fingerprint density at radius 2 is 1.82 bits per heavy atom. The predicted molar refractivity (Wildman–Crippen MR) is 120 cm³/mol. The van der Waals surface area contributed by atoms with Gasteiger partial charge in [0.25, 0.3) is 5.91 Å². The maximum atomic E-state index is 13.0. The van der Waals surface area contributed by atoms with Crippen molar-refractivity contribution in [1.29, 1.82) is 0 Å². The summed E-state index contributed by atoms with van der Waals surface area (Å²) >= 11 is 6.76. The molecule has 1 aliphatic heterocycles. The molecular weight excluding hydrogens is 390 g/mol. The van der Waals surface area contributed by atoms with Gasteiger partial charge in [-0.2, -0.15) is 0 Å². The Morgan fingerprint density at radius 3 is 2.50 bits per heavy atom. The number of amides is 1. The summed E-state index contributed by atoms with van der Waals surface area (Å²) in [6.07, 6.45) is 1.85. The maximum Gasteiger partial charge on any atom is 0.270 e. The molecule has 2 aromatic rings. The van der Waals surface area contributed by atoms with Gasteiger partial charge in [-0.25, -0.2) is 0 Å². The molecule has 1 aliphatic rings. The van der Waals surface area contributed by atoms with E-state index < -0.39 is 0 Å². The van der Waals surface area contributed by atoms with Crippen molar-refractivity contribution in [2.75, 3.05) is 18.1 Å². The zero-order valence-corrected chi connectivity index (χ0v) is 17.8. The van der Waals surface area contributed by atoms with Crippen LogP contribution in [0.2, 0.25) is 0 Å². The lowest BCUT2D eigenvalue weighted by atomic mass is 10.1. The maximum absolute atomic E-state index is 13.0. The third kappa shape index (κ3) is 4.75. The standard InChI is InChI=1S/C22H23NO3S2/c1-4-25-18-11-9-17(10-12-18)23-21(24)20(28-22(23)27)13-16-7-5-6-8-19(16)26-14-15(2)3/h5-13,15H,4,14H2,1-3H3/b20-13+. The summed E-state index contributed by atoms with van der Waals surface area (Å²) in [6, 6.07) is 15.1. The molecule has 1 saturated heterocycles. The van der Waals surface area contributed by atoms with Gasteiger partial charge < -0.3 is 9.47 Å². The minimum Gasteiger partial charge on any atom is -0.494 e. The molecule has 1 heterocycles. The first-order valence-corrected chi connectivity index (χ1v) is 10.4. The molecule has 4 nitrogen and oxygen atoms in total. The first-order valence-electron chi connectivity index (χ1n) is 9.22. The fraction of sp³-hybridized carbons (Fsp3) is 0.273. The van der Waals surface area contributed by atoms with Gasteiger partial charge in [-0.05, 0) is 49.2 Å². The zero-order chi connectivity index (χ0) is 20.1. The van der Waals surface area contributed by atoms with E-state index in [0.29, 0.717) is 28.4 Å². The highest BCUT2D eigenvalue weighted by molar-refractivity contribution is 8.27. The monoisotopic (exact) mass is 413 g/mol. The van der Waals surface area contributed by atoms with Crippen LogP contribution in [0, 0.1) is 5.92 Å². The van der Waals surface area contributed by atoms with E-state index in [0.717, 1.165) is 22.7 Å². The predicted octanol–water partition coefficient (Wildman–Crippen LogP) is 5.53. The first kappa shape index (κ1) is 20.4. The van der Waals surface area contributed by atoms with E-state index >= 15 is 0 Å². The summed E-state index contributed by atoms with van der Waals surface area (Å²) in [7, 11) is 0. The minimum absolute atomic E-state index is 0.127. The number of thiocarbonyl (C=S) groups is 1. The van der Waals surface area contributed by atoms with Crippen LogP contribution >= 0.6 is 24.0 Å². The number of nitrogens with zero attached hydrogens (tertiary/aromatic N) is 1. The van der Waals surface area contributed by atoms with Crippen molar-refractivity contribution in [3.05, 3.63) is 59.0 Å². The van der Waals surface area contributed by atoms with Crippen LogP contribution in [0.1, 0.15) is 26.3 Å². The van der Waals surface area contributed by atoms with Gasteiger partial charge in [0, 0.05) is 5.56 Å². The van der Waals surface area contributed by atoms with Crippen molar-refractivity contribution in [2.45, 2.75) is 20.8 Å². The van der Waals surface area contributed by atoms with Crippen molar-refractivity contribution in [3.8, 4) is 11.5 Å². The minimum atomic E-state index is -0.127. The third-order valence-electron chi connectivity index (χ3n) is 3.98. The molecule has 0 atom stereocenters. The van der Waals surface area contributed by atoms with Gasteiger partial charge in [0.2, 0.25) is 0 Å². The molecule has 3 rings (SSSR count). The van der Waals surface area contributed by atoms with Gasteiger partial charge in [0.05, 0.1) is 23.8 Å². The molecule has 0 aliphatic carbocycles. The summed E-state index contributed by atoms with van der Waals surface area (Å²) in [5.74, 6) is 1.83. The number of rotatable bonds is 7. The summed E-state index contributed by atoms with van der Waals surface area (Å²) in [4.78, 5) is 15.1. The van der Waals surface area contributed by atoms with E-state index in [4.69, 9.17) is 21.7 Å². The van der Waals surface area contributed by atoms with Crippen LogP contribution in [-0.2, 0) is 4.79 Å². The summed E-state index contributed by atoms with van der Waals surface area (Å²) < 4.78 is 11.9. The van der Waals surface area contributed by atoms with Crippen molar-refractivity contribution in [1.82, 2.24) is 0 Å². The number of carbonyl (C=O) groups excluding carboxylic acids is 1. The highest BCUT2D eigenvalue weighted by Gasteiger charge is 2.33. The van der Waals surface area contributed by atoms with Crippen LogP contribution in [-0.4, -0.2) is 23.4 Å². The quantitative estimate of drug-likeness (QED) is 0.441. The molecule has 6 heteroatoms. The molecule has 28 heavy (non-hydrogen) atoms. The second kappa shape index (κ2) is 9.26. The van der Waals surface area contributed by atoms with Crippen molar-refractivity contribution in [2.24, 2.45) is 5.92 Å². The number of ether oxygens (including phenoxy) is 2. The molecule has 1 amide bonds. The van der Waals surface area contributed by atoms with Gasteiger partial charge in [-0.1, -0.05) is 56.0 Å². The van der Waals surface area contributed by atoms with Gasteiger partial charge in [0.1, 0.15) is 11.5 Å². The van der Waals surface area contributed by atoms with Crippen LogP contribution in [0.15, 0.2) is 53.4 Å². The normalized spacial score (nSPS) is 15.6. The van der Waals surface area contributed by atoms with Crippen LogP contribution in [0.5, 0.6) is 11.5 Å². The Kier molecular flexibility index (Phi) is 6.75. The Labute approximate surface area is 175 Å². The Balaban J connectivity index is 1.83. The summed E-state index contributed by atoms with van der Waals surface area (Å²) in [5.41, 5.74) is 1.61. The number of para-hydroxylation sites is 1. The Morgan fingerprint density at radius 1 is 1.11 bits per heavy atom. The van der Waals surface area contributed by atoms with Crippen LogP contribution in [0.4, 0.5) is 5.69 Å². The summed E-state index contributed by atoms with van der Waals surface area (Å²) in [5, 5.41) is 0. The lowest BCUT2D eigenvalue weighted by Crippen LogP contribution is -2.27. The number of hydrogen-bond acceptors (Lipinski definition) is 5. The highest BCUT2D eigenvalue weighted by Crippen LogP contribution is 2.37.